The molecule has 1 aromatic carbocycles. The molecule has 0 saturated carbocycles. The molecule has 2 atom stereocenters. The van der Waals surface area contributed by atoms with Crippen molar-refractivity contribution in [2.75, 3.05) is 19.4 Å². The van der Waals surface area contributed by atoms with Crippen LogP contribution in [0.3, 0.4) is 0 Å². The zero-order valence-corrected chi connectivity index (χ0v) is 19.7. The third kappa shape index (κ3) is 3.11. The van der Waals surface area contributed by atoms with Gasteiger partial charge in [0.1, 0.15) is 29.0 Å². The summed E-state index contributed by atoms with van der Waals surface area (Å²) in [7, 11) is 5.36. The first-order valence-electron chi connectivity index (χ1n) is 11.3. The summed E-state index contributed by atoms with van der Waals surface area (Å²) in [5.74, 6) is 0.942. The normalized spacial score (nSPS) is 17.0. The van der Waals surface area contributed by atoms with Crippen LogP contribution in [-0.2, 0) is 7.05 Å². The Hall–Kier alpha value is -4.54. The van der Waals surface area contributed by atoms with Crippen molar-refractivity contribution in [1.29, 1.82) is 0 Å². The summed E-state index contributed by atoms with van der Waals surface area (Å²) in [6.45, 7) is 2.09. The van der Waals surface area contributed by atoms with Crippen molar-refractivity contribution in [3.63, 3.8) is 0 Å². The number of pyridine rings is 1. The molecule has 1 amide bonds. The Morgan fingerprint density at radius 1 is 1.14 bits per heavy atom. The van der Waals surface area contributed by atoms with Gasteiger partial charge in [-0.25, -0.2) is 15.0 Å². The van der Waals surface area contributed by atoms with E-state index in [0.29, 0.717) is 39.5 Å². The molecular weight excluding hydrogens is 446 g/mol. The van der Waals surface area contributed by atoms with Crippen LogP contribution >= 0.6 is 0 Å². The Labute approximate surface area is 199 Å². The van der Waals surface area contributed by atoms with Crippen molar-refractivity contribution in [1.82, 2.24) is 34.5 Å². The largest absolute Gasteiger partial charge is 0.371 e. The van der Waals surface area contributed by atoms with Crippen molar-refractivity contribution in [2.45, 2.75) is 19.0 Å². The van der Waals surface area contributed by atoms with Crippen LogP contribution in [0.15, 0.2) is 47.7 Å². The summed E-state index contributed by atoms with van der Waals surface area (Å²) >= 11 is 0. The summed E-state index contributed by atoms with van der Waals surface area (Å²) in [5.41, 5.74) is 4.23. The number of aromatic nitrogens is 7. The molecule has 11 heteroatoms. The molecule has 0 spiro atoms. The molecule has 35 heavy (non-hydrogen) atoms. The Bertz CT molecular complexity index is 1680. The lowest BCUT2D eigenvalue weighted by molar-refractivity contribution is -0.753. The third-order valence-electron chi connectivity index (χ3n) is 6.51. The number of amides is 1. The van der Waals surface area contributed by atoms with Gasteiger partial charge in [0, 0.05) is 32.1 Å². The van der Waals surface area contributed by atoms with Gasteiger partial charge in [-0.2, -0.15) is 0 Å². The maximum absolute atomic E-state index is 13.4. The summed E-state index contributed by atoms with van der Waals surface area (Å²) in [5, 5.41) is 3.54. The summed E-state index contributed by atoms with van der Waals surface area (Å²) in [6.07, 6.45) is 5.32. The molecule has 1 unspecified atom stereocenters. The molecular formula is C24H24N9O2+. The predicted molar refractivity (Wildman–Crippen MR) is 130 cm³/mol. The van der Waals surface area contributed by atoms with Crippen LogP contribution in [0, 0.1) is 0 Å². The number of nitrogens with one attached hydrogen (secondary N) is 3. The Kier molecular flexibility index (Phi) is 4.50. The van der Waals surface area contributed by atoms with Gasteiger partial charge in [-0.3, -0.25) is 9.59 Å². The van der Waals surface area contributed by atoms with Crippen molar-refractivity contribution >= 4 is 33.7 Å². The van der Waals surface area contributed by atoms with Crippen molar-refractivity contribution < 1.29 is 9.48 Å². The van der Waals surface area contributed by atoms with Gasteiger partial charge >= 0.3 is 0 Å². The third-order valence-corrected chi connectivity index (χ3v) is 6.51. The molecule has 3 N–H and O–H groups in total. The SMILES string of the molecule is CC1[C@@H](c2ncccn2)Nc2c(-c3nc4ccc(C(=O)N(C)C)cc4[nH]3)c(=O)[nH]c3c[n+](C)n1c23. The molecule has 0 bridgehead atoms. The highest BCUT2D eigenvalue weighted by atomic mass is 16.2. The lowest BCUT2D eigenvalue weighted by atomic mass is 10.0. The van der Waals surface area contributed by atoms with Crippen LogP contribution in [0.25, 0.3) is 33.5 Å². The highest BCUT2D eigenvalue weighted by Crippen LogP contribution is 2.41. The van der Waals surface area contributed by atoms with E-state index >= 15 is 0 Å². The molecule has 6 rings (SSSR count). The van der Waals surface area contributed by atoms with E-state index in [2.05, 4.69) is 36.9 Å². The standard InChI is InChI=1S/C24H23N9O2/c1-12-18(22-25-8-5-9-26-22)30-19-17(23(34)29-16-11-32(4)33(12)20(16)19)21-27-14-7-6-13(10-15(14)28-21)24(35)31(2)3/h5-12,18,30H,1-4H3,(H,29,34)/p+1/t12?,18-/m0/s1. The first-order valence-corrected chi connectivity index (χ1v) is 11.3. The Morgan fingerprint density at radius 2 is 1.91 bits per heavy atom. The molecule has 0 radical (unpaired) electrons. The Balaban J connectivity index is 1.57. The molecule has 176 valence electrons. The van der Waals surface area contributed by atoms with Gasteiger partial charge in [-0.1, -0.05) is 0 Å². The van der Waals surface area contributed by atoms with Crippen LogP contribution in [0.4, 0.5) is 5.69 Å². The van der Waals surface area contributed by atoms with E-state index in [4.69, 9.17) is 4.98 Å². The van der Waals surface area contributed by atoms with E-state index in [1.165, 1.54) is 4.90 Å². The number of benzene rings is 1. The predicted octanol–water partition coefficient (Wildman–Crippen LogP) is 1.92. The van der Waals surface area contributed by atoms with Gasteiger partial charge in [0.05, 0.1) is 16.7 Å². The molecule has 0 saturated heterocycles. The lowest BCUT2D eigenvalue weighted by Crippen LogP contribution is -2.44. The minimum atomic E-state index is -0.274. The number of aryl methyl sites for hydroxylation is 1. The second-order valence-electron chi connectivity index (χ2n) is 9.00. The fraction of sp³-hybridized carbons (Fsp3) is 0.250. The first kappa shape index (κ1) is 21.0. The number of aromatic amines is 2. The number of carbonyl (C=O) groups excluding carboxylic acids is 1. The number of hydrogen-bond acceptors (Lipinski definition) is 6. The molecule has 1 aliphatic heterocycles. The van der Waals surface area contributed by atoms with E-state index in [9.17, 15) is 9.59 Å². The minimum Gasteiger partial charge on any atom is -0.371 e. The Morgan fingerprint density at radius 3 is 2.66 bits per heavy atom. The van der Waals surface area contributed by atoms with Crippen LogP contribution < -0.4 is 15.6 Å². The van der Waals surface area contributed by atoms with Gasteiger partial charge in [-0.05, 0) is 31.2 Å². The number of rotatable bonds is 3. The molecule has 0 aliphatic carbocycles. The van der Waals surface area contributed by atoms with Gasteiger partial charge in [0.2, 0.25) is 6.20 Å². The second-order valence-corrected chi connectivity index (χ2v) is 9.00. The van der Waals surface area contributed by atoms with Crippen LogP contribution in [0.5, 0.6) is 0 Å². The fourth-order valence-corrected chi connectivity index (χ4v) is 4.89. The van der Waals surface area contributed by atoms with Gasteiger partial charge in [-0.15, -0.1) is 9.36 Å². The quantitative estimate of drug-likeness (QED) is 0.346. The number of carbonyl (C=O) groups is 1. The van der Waals surface area contributed by atoms with Crippen molar-refractivity contribution in [2.24, 2.45) is 7.05 Å². The van der Waals surface area contributed by atoms with Crippen LogP contribution in [-0.4, -0.2) is 54.5 Å². The lowest BCUT2D eigenvalue weighted by Gasteiger charge is -2.29. The molecule has 0 fully saturated rings. The number of H-pyrrole nitrogens is 2. The van der Waals surface area contributed by atoms with E-state index in [0.717, 1.165) is 11.0 Å². The minimum absolute atomic E-state index is 0.0265. The summed E-state index contributed by atoms with van der Waals surface area (Å²) in [4.78, 5) is 47.2. The molecule has 5 heterocycles. The number of anilines is 1. The number of imidazole rings is 1. The van der Waals surface area contributed by atoms with Crippen molar-refractivity contribution in [3.05, 3.63) is 64.6 Å². The highest BCUT2D eigenvalue weighted by Gasteiger charge is 2.38. The number of hydrogen-bond donors (Lipinski definition) is 3. The average Bonchev–Trinajstić information content (AvgIpc) is 3.41. The number of nitrogens with zero attached hydrogens (tertiary/aromatic N) is 6. The average molecular weight is 471 g/mol. The van der Waals surface area contributed by atoms with Gasteiger partial charge < -0.3 is 20.2 Å². The summed E-state index contributed by atoms with van der Waals surface area (Å²) < 4.78 is 4.09. The first-order chi connectivity index (χ1) is 16.8. The maximum Gasteiger partial charge on any atom is 0.261 e. The van der Waals surface area contributed by atoms with Crippen LogP contribution in [0.1, 0.15) is 35.2 Å². The van der Waals surface area contributed by atoms with E-state index in [-0.39, 0.29) is 23.6 Å². The molecule has 5 aromatic rings. The molecule has 1 aliphatic rings. The van der Waals surface area contributed by atoms with E-state index < -0.39 is 0 Å². The maximum atomic E-state index is 13.4. The van der Waals surface area contributed by atoms with Gasteiger partial charge in [0.15, 0.2) is 18.4 Å². The smallest absolute Gasteiger partial charge is 0.261 e. The topological polar surface area (TPSA) is 128 Å². The zero-order chi connectivity index (χ0) is 24.4. The zero-order valence-electron chi connectivity index (χ0n) is 19.7. The fourth-order valence-electron chi connectivity index (χ4n) is 4.89. The van der Waals surface area contributed by atoms with E-state index in [1.54, 1.807) is 50.8 Å². The monoisotopic (exact) mass is 470 g/mol. The van der Waals surface area contributed by atoms with E-state index in [1.807, 2.05) is 17.9 Å². The summed E-state index contributed by atoms with van der Waals surface area (Å²) in [6, 6.07) is 6.76. The van der Waals surface area contributed by atoms with Gasteiger partial charge in [0.25, 0.3) is 11.5 Å². The second kappa shape index (κ2) is 7.49. The molecule has 11 nitrogen and oxygen atoms in total. The molecule has 4 aromatic heterocycles. The van der Waals surface area contributed by atoms with Crippen LogP contribution in [0.2, 0.25) is 0 Å². The van der Waals surface area contributed by atoms with Crippen molar-refractivity contribution in [3.8, 4) is 11.4 Å². The number of fused-ring (bicyclic) bond motifs is 1. The highest BCUT2D eigenvalue weighted by molar-refractivity contribution is 5.99.